The minimum atomic E-state index is -0.261. The van der Waals surface area contributed by atoms with Gasteiger partial charge in [-0.1, -0.05) is 17.3 Å². The summed E-state index contributed by atoms with van der Waals surface area (Å²) in [5.41, 5.74) is 7.30. The molecule has 1 aliphatic rings. The van der Waals surface area contributed by atoms with Crippen LogP contribution in [-0.4, -0.2) is 38.3 Å². The number of carbonyl (C=O) groups excluding carboxylic acids is 2. The molecule has 21 heavy (non-hydrogen) atoms. The molecule has 1 aromatic heterocycles. The number of nitrogens with zero attached hydrogens (tertiary/aromatic N) is 4. The Balaban J connectivity index is 1.72. The van der Waals surface area contributed by atoms with Crippen molar-refractivity contribution in [3.63, 3.8) is 0 Å². The van der Waals surface area contributed by atoms with Gasteiger partial charge in [-0.15, -0.1) is 5.10 Å². The Kier molecular flexibility index (Phi) is 3.26. The second-order valence-corrected chi connectivity index (χ2v) is 5.00. The maximum Gasteiger partial charge on any atom is 0.261 e. The van der Waals surface area contributed by atoms with Crippen LogP contribution >= 0.6 is 0 Å². The zero-order chi connectivity index (χ0) is 15.0. The van der Waals surface area contributed by atoms with Crippen molar-refractivity contribution in [1.82, 2.24) is 19.9 Å². The first-order chi connectivity index (χ1) is 10.1. The predicted molar refractivity (Wildman–Crippen MR) is 74.4 cm³/mol. The predicted octanol–water partition coefficient (Wildman–Crippen LogP) is 0.594. The summed E-state index contributed by atoms with van der Waals surface area (Å²) in [5.74, 6) is -0.522. The van der Waals surface area contributed by atoms with Gasteiger partial charge in [0.25, 0.3) is 11.8 Å². The van der Waals surface area contributed by atoms with E-state index in [1.54, 1.807) is 35.1 Å². The lowest BCUT2D eigenvalue weighted by Crippen LogP contribution is -2.33. The summed E-state index contributed by atoms with van der Waals surface area (Å²) in [7, 11) is 0. The van der Waals surface area contributed by atoms with Crippen molar-refractivity contribution in [1.29, 1.82) is 0 Å². The number of benzene rings is 1. The van der Waals surface area contributed by atoms with Gasteiger partial charge in [-0.3, -0.25) is 19.2 Å². The van der Waals surface area contributed by atoms with Crippen molar-refractivity contribution < 1.29 is 9.59 Å². The molecule has 1 atom stereocenters. The fourth-order valence-corrected chi connectivity index (χ4v) is 2.28. The summed E-state index contributed by atoms with van der Waals surface area (Å²) in [6.45, 7) is 2.47. The Morgan fingerprint density at radius 1 is 1.14 bits per heavy atom. The van der Waals surface area contributed by atoms with E-state index >= 15 is 0 Å². The average molecular weight is 285 g/mol. The highest BCUT2D eigenvalue weighted by atomic mass is 16.2. The highest BCUT2D eigenvalue weighted by molar-refractivity contribution is 6.21. The summed E-state index contributed by atoms with van der Waals surface area (Å²) >= 11 is 0. The monoisotopic (exact) mass is 285 g/mol. The van der Waals surface area contributed by atoms with Crippen molar-refractivity contribution in [2.75, 3.05) is 6.54 Å². The summed E-state index contributed by atoms with van der Waals surface area (Å²) in [5, 5.41) is 7.87. The molecule has 1 aromatic carbocycles. The molecule has 7 nitrogen and oxygen atoms in total. The number of imide groups is 1. The zero-order valence-electron chi connectivity index (χ0n) is 11.6. The van der Waals surface area contributed by atoms with E-state index in [0.29, 0.717) is 23.4 Å². The molecular weight excluding hydrogens is 270 g/mol. The number of fused-ring (bicyclic) bond motifs is 1. The summed E-state index contributed by atoms with van der Waals surface area (Å²) < 4.78 is 1.59. The van der Waals surface area contributed by atoms with Gasteiger partial charge in [0.2, 0.25) is 0 Å². The molecule has 0 unspecified atom stereocenters. The molecule has 2 amide bonds. The van der Waals surface area contributed by atoms with Gasteiger partial charge >= 0.3 is 0 Å². The van der Waals surface area contributed by atoms with E-state index in [2.05, 4.69) is 10.3 Å². The number of rotatable bonds is 4. The fourth-order valence-electron chi connectivity index (χ4n) is 2.28. The van der Waals surface area contributed by atoms with Crippen LogP contribution in [0.25, 0.3) is 0 Å². The topological polar surface area (TPSA) is 94.1 Å². The number of hydrogen-bond donors (Lipinski definition) is 1. The molecule has 108 valence electrons. The molecule has 7 heteroatoms. The molecule has 0 spiro atoms. The largest absolute Gasteiger partial charge is 0.323 e. The van der Waals surface area contributed by atoms with Crippen LogP contribution in [-0.2, 0) is 6.54 Å². The molecule has 3 rings (SSSR count). The van der Waals surface area contributed by atoms with E-state index in [0.717, 1.165) is 0 Å². The van der Waals surface area contributed by atoms with Crippen LogP contribution in [0.5, 0.6) is 0 Å². The summed E-state index contributed by atoms with van der Waals surface area (Å²) in [6, 6.07) is 6.64. The third-order valence-corrected chi connectivity index (χ3v) is 3.45. The van der Waals surface area contributed by atoms with E-state index in [1.165, 1.54) is 4.90 Å². The number of nitrogens with two attached hydrogens (primary N) is 1. The molecule has 2 aromatic rings. The standard InChI is InChI=1S/C14H15N5O2/c1-9(15)12-8-18(17-16-12)6-7-19-13(20)10-4-2-3-5-11(10)14(19)21/h2-5,8-9H,6-7,15H2,1H3/t9-/m1/s1. The van der Waals surface area contributed by atoms with Crippen molar-refractivity contribution in [2.45, 2.75) is 19.5 Å². The molecular formula is C14H15N5O2. The molecule has 2 heterocycles. The lowest BCUT2D eigenvalue weighted by Gasteiger charge is -2.13. The number of carbonyl (C=O) groups is 2. The second kappa shape index (κ2) is 5.10. The van der Waals surface area contributed by atoms with Crippen LogP contribution in [0.15, 0.2) is 30.5 Å². The minimum absolute atomic E-state index is 0.196. The molecule has 0 bridgehead atoms. The Labute approximate surface area is 121 Å². The first-order valence-corrected chi connectivity index (χ1v) is 6.69. The van der Waals surface area contributed by atoms with Crippen molar-refractivity contribution in [2.24, 2.45) is 5.73 Å². The lowest BCUT2D eigenvalue weighted by molar-refractivity contribution is 0.0647. The van der Waals surface area contributed by atoms with Gasteiger partial charge in [-0.2, -0.15) is 0 Å². The van der Waals surface area contributed by atoms with E-state index in [4.69, 9.17) is 5.73 Å². The van der Waals surface area contributed by atoms with Gasteiger partial charge in [-0.05, 0) is 19.1 Å². The van der Waals surface area contributed by atoms with Gasteiger partial charge in [0.1, 0.15) is 0 Å². The first-order valence-electron chi connectivity index (χ1n) is 6.69. The van der Waals surface area contributed by atoms with Crippen molar-refractivity contribution >= 4 is 11.8 Å². The van der Waals surface area contributed by atoms with Crippen LogP contribution in [0.4, 0.5) is 0 Å². The minimum Gasteiger partial charge on any atom is -0.323 e. The SMILES string of the molecule is C[C@@H](N)c1cn(CCN2C(=O)c3ccccc3C2=O)nn1. The van der Waals surface area contributed by atoms with Crippen LogP contribution in [0.1, 0.15) is 39.4 Å². The molecule has 0 aliphatic carbocycles. The molecule has 0 fully saturated rings. The zero-order valence-corrected chi connectivity index (χ0v) is 11.6. The van der Waals surface area contributed by atoms with Crippen LogP contribution in [0.3, 0.4) is 0 Å². The lowest BCUT2D eigenvalue weighted by atomic mass is 10.1. The van der Waals surface area contributed by atoms with Crippen LogP contribution < -0.4 is 5.73 Å². The van der Waals surface area contributed by atoms with E-state index in [-0.39, 0.29) is 24.4 Å². The number of aromatic nitrogens is 3. The van der Waals surface area contributed by atoms with Gasteiger partial charge in [0, 0.05) is 12.6 Å². The Hall–Kier alpha value is -2.54. The average Bonchev–Trinajstić information content (AvgIpc) is 3.03. The van der Waals surface area contributed by atoms with E-state index < -0.39 is 0 Å². The third-order valence-electron chi connectivity index (χ3n) is 3.45. The van der Waals surface area contributed by atoms with Crippen LogP contribution in [0.2, 0.25) is 0 Å². The molecule has 2 N–H and O–H groups in total. The molecule has 1 aliphatic heterocycles. The molecule has 0 saturated heterocycles. The van der Waals surface area contributed by atoms with Gasteiger partial charge in [0.15, 0.2) is 0 Å². The highest BCUT2D eigenvalue weighted by Gasteiger charge is 2.34. The summed E-state index contributed by atoms with van der Waals surface area (Å²) in [4.78, 5) is 25.6. The van der Waals surface area contributed by atoms with Gasteiger partial charge < -0.3 is 5.73 Å². The van der Waals surface area contributed by atoms with Gasteiger partial charge in [-0.25, -0.2) is 0 Å². The Morgan fingerprint density at radius 2 is 1.76 bits per heavy atom. The second-order valence-electron chi connectivity index (χ2n) is 5.00. The third kappa shape index (κ3) is 2.31. The Bertz CT molecular complexity index is 672. The van der Waals surface area contributed by atoms with E-state index in [9.17, 15) is 9.59 Å². The number of hydrogen-bond acceptors (Lipinski definition) is 5. The molecule has 0 saturated carbocycles. The van der Waals surface area contributed by atoms with Crippen molar-refractivity contribution in [3.05, 3.63) is 47.3 Å². The maximum atomic E-state index is 12.2. The van der Waals surface area contributed by atoms with Crippen molar-refractivity contribution in [3.8, 4) is 0 Å². The normalized spacial score (nSPS) is 15.4. The smallest absolute Gasteiger partial charge is 0.261 e. The Morgan fingerprint density at radius 3 is 2.29 bits per heavy atom. The van der Waals surface area contributed by atoms with Gasteiger partial charge in [0.05, 0.1) is 29.6 Å². The highest BCUT2D eigenvalue weighted by Crippen LogP contribution is 2.22. The molecule has 0 radical (unpaired) electrons. The quantitative estimate of drug-likeness (QED) is 0.830. The van der Waals surface area contributed by atoms with E-state index in [1.807, 2.05) is 6.92 Å². The summed E-state index contributed by atoms with van der Waals surface area (Å²) in [6.07, 6.45) is 1.73. The maximum absolute atomic E-state index is 12.2. The van der Waals surface area contributed by atoms with Crippen LogP contribution in [0, 0.1) is 0 Å². The fraction of sp³-hybridized carbons (Fsp3) is 0.286. The first kappa shape index (κ1) is 13.4. The number of amides is 2.